The number of anilines is 2. The van der Waals surface area contributed by atoms with E-state index in [-0.39, 0.29) is 24.5 Å². The van der Waals surface area contributed by atoms with Gasteiger partial charge in [-0.25, -0.2) is 4.98 Å². The van der Waals surface area contributed by atoms with Crippen LogP contribution in [0.3, 0.4) is 0 Å². The Kier molecular flexibility index (Phi) is 9.20. The van der Waals surface area contributed by atoms with Gasteiger partial charge in [-0.3, -0.25) is 9.88 Å². The van der Waals surface area contributed by atoms with Crippen LogP contribution in [-0.4, -0.2) is 87.4 Å². The Morgan fingerprint density at radius 1 is 1.05 bits per heavy atom. The van der Waals surface area contributed by atoms with Crippen LogP contribution in [0.25, 0.3) is 11.3 Å². The minimum atomic E-state index is -4.40. The average Bonchev–Trinajstić information content (AvgIpc) is 2.87. The molecule has 0 aromatic carbocycles. The molecule has 0 unspecified atom stereocenters. The smallest absolute Gasteiger partial charge is 0.393 e. The molecule has 1 atom stereocenters. The Balaban J connectivity index is 1.54. The third-order valence-electron chi connectivity index (χ3n) is 7.20. The highest BCUT2D eigenvalue weighted by Crippen LogP contribution is 2.31. The van der Waals surface area contributed by atoms with Gasteiger partial charge in [-0.05, 0) is 50.8 Å². The van der Waals surface area contributed by atoms with Crippen LogP contribution in [0.15, 0.2) is 24.5 Å². The number of pyridine rings is 1. The third kappa shape index (κ3) is 7.75. The van der Waals surface area contributed by atoms with Gasteiger partial charge in [-0.2, -0.15) is 18.2 Å². The molecule has 2 aromatic heterocycles. The van der Waals surface area contributed by atoms with Crippen LogP contribution in [0.1, 0.15) is 51.0 Å². The van der Waals surface area contributed by atoms with E-state index in [1.807, 2.05) is 18.3 Å². The molecule has 2 fully saturated rings. The summed E-state index contributed by atoms with van der Waals surface area (Å²) in [7, 11) is 2.13. The zero-order valence-corrected chi connectivity index (χ0v) is 21.6. The maximum atomic E-state index is 13.5. The van der Waals surface area contributed by atoms with Crippen LogP contribution in [0.5, 0.6) is 0 Å². The molecule has 0 spiro atoms. The van der Waals surface area contributed by atoms with Gasteiger partial charge in [0, 0.05) is 51.2 Å². The number of piperazine rings is 1. The van der Waals surface area contributed by atoms with Crippen molar-refractivity contribution in [2.75, 3.05) is 43.9 Å². The van der Waals surface area contributed by atoms with Gasteiger partial charge in [0.25, 0.3) is 0 Å². The van der Waals surface area contributed by atoms with Crippen molar-refractivity contribution in [3.8, 4) is 11.3 Å². The number of rotatable bonds is 9. The Morgan fingerprint density at radius 3 is 2.41 bits per heavy atom. The zero-order chi connectivity index (χ0) is 26.4. The predicted molar refractivity (Wildman–Crippen MR) is 138 cm³/mol. The number of hydrogen-bond acceptors (Lipinski definition) is 8. The fourth-order valence-corrected chi connectivity index (χ4v) is 4.87. The standard InChI is InChI=1S/C26H38F3N7O/c1-3-4-23(26(27,28)29)33-25-31-16-21(24(34-25)32-19-6-8-20(37)9-7-19)22-10-5-18(15-30-22)17-36-13-11-35(2)12-14-36/h5,10,15-16,19-20,23,37H,3-4,6-9,11-14,17H2,1-2H3,(H2,31,32,33,34)/t19-,20-,23-/m0/s1. The summed E-state index contributed by atoms with van der Waals surface area (Å²) in [4.78, 5) is 18.1. The molecule has 37 heavy (non-hydrogen) atoms. The second-order valence-corrected chi connectivity index (χ2v) is 10.3. The number of aromatic nitrogens is 3. The highest BCUT2D eigenvalue weighted by atomic mass is 19.4. The summed E-state index contributed by atoms with van der Waals surface area (Å²) in [6, 6.07) is 2.31. The van der Waals surface area contributed by atoms with Crippen LogP contribution in [0.2, 0.25) is 0 Å². The van der Waals surface area contributed by atoms with Gasteiger partial charge in [-0.15, -0.1) is 0 Å². The largest absolute Gasteiger partial charge is 0.408 e. The minimum Gasteiger partial charge on any atom is -0.393 e. The lowest BCUT2D eigenvalue weighted by Crippen LogP contribution is -2.43. The van der Waals surface area contributed by atoms with Gasteiger partial charge in [0.2, 0.25) is 5.95 Å². The van der Waals surface area contributed by atoms with Crippen molar-refractivity contribution >= 4 is 11.8 Å². The third-order valence-corrected chi connectivity index (χ3v) is 7.20. The van der Waals surface area contributed by atoms with Crippen molar-refractivity contribution in [2.45, 2.75) is 76.4 Å². The number of nitrogens with one attached hydrogen (secondary N) is 2. The number of aliphatic hydroxyl groups is 1. The summed E-state index contributed by atoms with van der Waals surface area (Å²) < 4.78 is 40.5. The SMILES string of the molecule is CCC[C@H](Nc1ncc(-c2ccc(CN3CCN(C)CC3)cn2)c(N[C@H]2CC[C@H](O)CC2)n1)C(F)(F)F. The van der Waals surface area contributed by atoms with E-state index in [9.17, 15) is 18.3 Å². The normalized spacial score (nSPS) is 22.5. The van der Waals surface area contributed by atoms with Crippen LogP contribution >= 0.6 is 0 Å². The molecule has 1 saturated heterocycles. The van der Waals surface area contributed by atoms with Crippen molar-refractivity contribution in [1.82, 2.24) is 24.8 Å². The topological polar surface area (TPSA) is 89.4 Å². The predicted octanol–water partition coefficient (Wildman–Crippen LogP) is 4.14. The zero-order valence-electron chi connectivity index (χ0n) is 21.6. The highest BCUT2D eigenvalue weighted by molar-refractivity contribution is 5.73. The molecule has 1 aliphatic heterocycles. The lowest BCUT2D eigenvalue weighted by atomic mass is 9.93. The van der Waals surface area contributed by atoms with Gasteiger partial charge in [-0.1, -0.05) is 19.4 Å². The first-order valence-corrected chi connectivity index (χ1v) is 13.2. The maximum Gasteiger partial charge on any atom is 0.408 e. The molecular weight excluding hydrogens is 483 g/mol. The van der Waals surface area contributed by atoms with Crippen molar-refractivity contribution in [3.05, 3.63) is 30.1 Å². The molecule has 0 radical (unpaired) electrons. The number of alkyl halides is 3. The van der Waals surface area contributed by atoms with Crippen molar-refractivity contribution in [2.24, 2.45) is 0 Å². The van der Waals surface area contributed by atoms with Crippen LogP contribution < -0.4 is 10.6 Å². The van der Waals surface area contributed by atoms with Gasteiger partial charge in [0.1, 0.15) is 11.9 Å². The molecule has 2 aliphatic rings. The molecule has 2 aromatic rings. The lowest BCUT2D eigenvalue weighted by Gasteiger charge is -2.32. The van der Waals surface area contributed by atoms with Gasteiger partial charge < -0.3 is 20.6 Å². The quantitative estimate of drug-likeness (QED) is 0.454. The first-order chi connectivity index (χ1) is 17.7. The minimum absolute atomic E-state index is 0.0613. The molecule has 0 amide bonds. The lowest BCUT2D eigenvalue weighted by molar-refractivity contribution is -0.143. The van der Waals surface area contributed by atoms with E-state index in [1.54, 1.807) is 6.92 Å². The number of likely N-dealkylation sites (N-methyl/N-ethyl adjacent to an activating group) is 1. The first-order valence-electron chi connectivity index (χ1n) is 13.2. The molecule has 3 heterocycles. The molecule has 0 bridgehead atoms. The molecule has 4 rings (SSSR count). The van der Waals surface area contributed by atoms with E-state index in [0.29, 0.717) is 36.3 Å². The van der Waals surface area contributed by atoms with Crippen molar-refractivity contribution < 1.29 is 18.3 Å². The summed E-state index contributed by atoms with van der Waals surface area (Å²) in [5.74, 6) is 0.389. The van der Waals surface area contributed by atoms with Crippen LogP contribution in [0.4, 0.5) is 24.9 Å². The molecular formula is C26H38F3N7O. The average molecular weight is 522 g/mol. The second-order valence-electron chi connectivity index (χ2n) is 10.3. The van der Waals surface area contributed by atoms with Crippen molar-refractivity contribution in [3.63, 3.8) is 0 Å². The van der Waals surface area contributed by atoms with E-state index in [2.05, 4.69) is 42.4 Å². The molecule has 8 nitrogen and oxygen atoms in total. The van der Waals surface area contributed by atoms with Gasteiger partial charge in [0.05, 0.1) is 17.4 Å². The number of halogens is 3. The highest BCUT2D eigenvalue weighted by Gasteiger charge is 2.39. The summed E-state index contributed by atoms with van der Waals surface area (Å²) in [5, 5.41) is 15.8. The number of hydrogen-bond donors (Lipinski definition) is 3. The molecule has 204 valence electrons. The van der Waals surface area contributed by atoms with E-state index >= 15 is 0 Å². The monoisotopic (exact) mass is 521 g/mol. The molecule has 1 aliphatic carbocycles. The second kappa shape index (κ2) is 12.4. The Bertz CT molecular complexity index is 989. The maximum absolute atomic E-state index is 13.5. The summed E-state index contributed by atoms with van der Waals surface area (Å²) in [5.41, 5.74) is 2.41. The molecule has 11 heteroatoms. The van der Waals surface area contributed by atoms with E-state index in [0.717, 1.165) is 51.1 Å². The van der Waals surface area contributed by atoms with Gasteiger partial charge in [0.15, 0.2) is 0 Å². The Labute approximate surface area is 216 Å². The Morgan fingerprint density at radius 2 is 1.78 bits per heavy atom. The molecule has 1 saturated carbocycles. The molecule has 3 N–H and O–H groups in total. The van der Waals surface area contributed by atoms with E-state index in [4.69, 9.17) is 0 Å². The van der Waals surface area contributed by atoms with Crippen LogP contribution in [-0.2, 0) is 6.54 Å². The summed E-state index contributed by atoms with van der Waals surface area (Å²) >= 11 is 0. The number of nitrogens with zero attached hydrogens (tertiary/aromatic N) is 5. The summed E-state index contributed by atoms with van der Waals surface area (Å²) in [6.45, 7) is 6.66. The number of aliphatic hydroxyl groups excluding tert-OH is 1. The fraction of sp³-hybridized carbons (Fsp3) is 0.654. The first kappa shape index (κ1) is 27.5. The van der Waals surface area contributed by atoms with Crippen LogP contribution in [0, 0.1) is 0 Å². The van der Waals surface area contributed by atoms with Gasteiger partial charge >= 0.3 is 6.18 Å². The fourth-order valence-electron chi connectivity index (χ4n) is 4.87. The summed E-state index contributed by atoms with van der Waals surface area (Å²) in [6.07, 6.45) is 1.87. The van der Waals surface area contributed by atoms with E-state index in [1.165, 1.54) is 6.20 Å². The Hall–Kier alpha value is -2.50. The van der Waals surface area contributed by atoms with Crippen molar-refractivity contribution in [1.29, 1.82) is 0 Å². The van der Waals surface area contributed by atoms with E-state index < -0.39 is 12.2 Å².